The van der Waals surface area contributed by atoms with Crippen LogP contribution in [0.4, 0.5) is 0 Å². The van der Waals surface area contributed by atoms with Crippen LogP contribution in [0.3, 0.4) is 0 Å². The molecule has 7 aromatic rings. The molecular weight excluding hydrogens is 484 g/mol. The lowest BCUT2D eigenvalue weighted by Gasteiger charge is -2.33. The number of hydrogen-bond acceptors (Lipinski definition) is 1. The fraction of sp³-hybridized carbons (Fsp3) is 0.0263. The highest BCUT2D eigenvalue weighted by Crippen LogP contribution is 2.57. The predicted octanol–water partition coefficient (Wildman–Crippen LogP) is 9.06. The first-order valence-corrected chi connectivity index (χ1v) is 13.7. The fourth-order valence-corrected chi connectivity index (χ4v) is 6.70. The van der Waals surface area contributed by atoms with E-state index in [-0.39, 0.29) is 0 Å². The van der Waals surface area contributed by atoms with E-state index >= 15 is 0 Å². The van der Waals surface area contributed by atoms with Crippen molar-refractivity contribution in [1.29, 1.82) is 0 Å². The van der Waals surface area contributed by atoms with Crippen LogP contribution in [0.25, 0.3) is 39.0 Å². The highest BCUT2D eigenvalue weighted by molar-refractivity contribution is 6.03. The van der Waals surface area contributed by atoms with Crippen molar-refractivity contribution in [2.75, 3.05) is 0 Å². The molecule has 40 heavy (non-hydrogen) atoms. The van der Waals surface area contributed by atoms with Crippen molar-refractivity contribution < 1.29 is 0 Å². The van der Waals surface area contributed by atoms with Crippen LogP contribution in [-0.2, 0) is 5.41 Å². The normalized spacial score (nSPS) is 13.2. The van der Waals surface area contributed by atoms with E-state index < -0.39 is 5.41 Å². The second-order valence-electron chi connectivity index (χ2n) is 10.4. The lowest BCUT2D eigenvalue weighted by molar-refractivity contribution is 0.769. The average Bonchev–Trinajstić information content (AvgIpc) is 3.60. The molecule has 0 bridgehead atoms. The maximum absolute atomic E-state index is 4.53. The summed E-state index contributed by atoms with van der Waals surface area (Å²) in [4.78, 5) is 4.53. The van der Waals surface area contributed by atoms with E-state index in [9.17, 15) is 0 Å². The molecule has 0 amide bonds. The number of fused-ring (bicyclic) bond motifs is 5. The maximum atomic E-state index is 4.53. The molecule has 0 fully saturated rings. The third-order valence-corrected chi connectivity index (χ3v) is 8.38. The Morgan fingerprint density at radius 3 is 1.90 bits per heavy atom. The van der Waals surface area contributed by atoms with Gasteiger partial charge in [-0.05, 0) is 58.1 Å². The summed E-state index contributed by atoms with van der Waals surface area (Å²) >= 11 is 0. The van der Waals surface area contributed by atoms with Gasteiger partial charge in [-0.2, -0.15) is 0 Å². The van der Waals surface area contributed by atoms with Gasteiger partial charge in [-0.25, -0.2) is 0 Å². The molecule has 1 aliphatic carbocycles. The monoisotopic (exact) mass is 510 g/mol. The molecule has 8 rings (SSSR count). The van der Waals surface area contributed by atoms with Crippen LogP contribution in [0.15, 0.2) is 158 Å². The van der Waals surface area contributed by atoms with Gasteiger partial charge in [-0.15, -0.1) is 0 Å². The minimum atomic E-state index is -0.402. The van der Waals surface area contributed by atoms with Gasteiger partial charge in [0.1, 0.15) is 0 Å². The largest absolute Gasteiger partial charge is 0.316 e. The van der Waals surface area contributed by atoms with Crippen LogP contribution in [0.2, 0.25) is 0 Å². The smallest absolute Gasteiger partial charge is 0.0714 e. The molecule has 0 spiro atoms. The Morgan fingerprint density at radius 1 is 0.525 bits per heavy atom. The van der Waals surface area contributed by atoms with Crippen LogP contribution < -0.4 is 0 Å². The summed E-state index contributed by atoms with van der Waals surface area (Å²) in [6.07, 6.45) is 4.05. The van der Waals surface area contributed by atoms with E-state index in [1.54, 1.807) is 0 Å². The summed E-state index contributed by atoms with van der Waals surface area (Å²) in [5.41, 5.74) is 11.9. The first-order chi connectivity index (χ1) is 19.9. The van der Waals surface area contributed by atoms with Crippen molar-refractivity contribution in [3.8, 4) is 28.1 Å². The molecule has 0 atom stereocenters. The standard InChI is InChI=1S/C38H26N2/c1-3-11-29(12-4-1)38(30-13-5-2-6-14-30)33-16-8-7-15-32(33)36-34(38)23-20-28-24-26-40(37(28)36)31-21-18-27(19-22-31)35-17-9-10-25-39-35/h1-26H. The molecule has 0 unspecified atom stereocenters. The lowest BCUT2D eigenvalue weighted by Crippen LogP contribution is -2.28. The van der Waals surface area contributed by atoms with Gasteiger partial charge in [0, 0.05) is 34.6 Å². The molecule has 2 nitrogen and oxygen atoms in total. The predicted molar refractivity (Wildman–Crippen MR) is 164 cm³/mol. The van der Waals surface area contributed by atoms with Crippen LogP contribution in [0.1, 0.15) is 22.3 Å². The Kier molecular flexibility index (Phi) is 5.08. The maximum Gasteiger partial charge on any atom is 0.0714 e. The first kappa shape index (κ1) is 22.7. The number of pyridine rings is 1. The van der Waals surface area contributed by atoms with Crippen LogP contribution >= 0.6 is 0 Å². The van der Waals surface area contributed by atoms with Crippen LogP contribution in [0, 0.1) is 0 Å². The zero-order valence-electron chi connectivity index (χ0n) is 21.9. The van der Waals surface area contributed by atoms with Gasteiger partial charge in [0.2, 0.25) is 0 Å². The summed E-state index contributed by atoms with van der Waals surface area (Å²) in [6, 6.07) is 52.5. The Bertz CT molecular complexity index is 1930. The van der Waals surface area contributed by atoms with E-state index in [0.29, 0.717) is 0 Å². The highest BCUT2D eigenvalue weighted by atomic mass is 15.0. The molecule has 0 radical (unpaired) electrons. The summed E-state index contributed by atoms with van der Waals surface area (Å²) < 4.78 is 2.35. The molecule has 0 saturated carbocycles. The van der Waals surface area contributed by atoms with Gasteiger partial charge in [-0.3, -0.25) is 4.98 Å². The fourth-order valence-electron chi connectivity index (χ4n) is 6.70. The minimum Gasteiger partial charge on any atom is -0.316 e. The van der Waals surface area contributed by atoms with Gasteiger partial charge in [-0.1, -0.05) is 115 Å². The van der Waals surface area contributed by atoms with Crippen LogP contribution in [-0.4, -0.2) is 9.55 Å². The zero-order valence-corrected chi connectivity index (χ0v) is 21.9. The third-order valence-electron chi connectivity index (χ3n) is 8.38. The van der Waals surface area contributed by atoms with Gasteiger partial charge in [0.05, 0.1) is 16.6 Å². The Hall–Kier alpha value is -5.21. The van der Waals surface area contributed by atoms with Crippen molar-refractivity contribution >= 4 is 10.9 Å². The molecule has 188 valence electrons. The SMILES string of the molecule is c1ccc(C2(c3ccccc3)c3ccccc3-c3c2ccc2ccn(-c4ccc(-c5ccccn5)cc4)c32)cc1. The summed E-state index contributed by atoms with van der Waals surface area (Å²) in [5, 5.41) is 1.24. The number of rotatable bonds is 4. The Morgan fingerprint density at radius 2 is 1.20 bits per heavy atom. The lowest BCUT2D eigenvalue weighted by atomic mass is 9.67. The Labute approximate surface area is 233 Å². The van der Waals surface area contributed by atoms with Crippen LogP contribution in [0.5, 0.6) is 0 Å². The second kappa shape index (κ2) is 8.93. The van der Waals surface area contributed by atoms with Gasteiger partial charge >= 0.3 is 0 Å². The van der Waals surface area contributed by atoms with Crippen molar-refractivity contribution in [3.63, 3.8) is 0 Å². The molecular formula is C38H26N2. The van der Waals surface area contributed by atoms with Crippen molar-refractivity contribution in [2.24, 2.45) is 0 Å². The number of aromatic nitrogens is 2. The molecule has 2 aromatic heterocycles. The van der Waals surface area contributed by atoms with E-state index in [0.717, 1.165) is 16.9 Å². The minimum absolute atomic E-state index is 0.402. The number of benzene rings is 5. The van der Waals surface area contributed by atoms with Gasteiger partial charge in [0.15, 0.2) is 0 Å². The molecule has 5 aromatic carbocycles. The van der Waals surface area contributed by atoms with Crippen molar-refractivity contribution in [2.45, 2.75) is 5.41 Å². The molecule has 0 aliphatic heterocycles. The number of hydrogen-bond donors (Lipinski definition) is 0. The molecule has 2 heterocycles. The van der Waals surface area contributed by atoms with E-state index in [1.807, 2.05) is 18.3 Å². The summed E-state index contributed by atoms with van der Waals surface area (Å²) in [7, 11) is 0. The zero-order chi connectivity index (χ0) is 26.5. The molecule has 2 heteroatoms. The van der Waals surface area contributed by atoms with Gasteiger partial charge in [0.25, 0.3) is 0 Å². The first-order valence-electron chi connectivity index (χ1n) is 13.7. The molecule has 0 saturated heterocycles. The van der Waals surface area contributed by atoms with E-state index in [2.05, 4.69) is 149 Å². The molecule has 1 aliphatic rings. The molecule has 0 N–H and O–H groups in total. The van der Waals surface area contributed by atoms with Gasteiger partial charge < -0.3 is 4.57 Å². The summed E-state index contributed by atoms with van der Waals surface area (Å²) in [5.74, 6) is 0. The van der Waals surface area contributed by atoms with E-state index in [1.165, 1.54) is 44.3 Å². The Balaban J connectivity index is 1.42. The average molecular weight is 511 g/mol. The van der Waals surface area contributed by atoms with E-state index in [4.69, 9.17) is 0 Å². The highest BCUT2D eigenvalue weighted by Gasteiger charge is 2.46. The second-order valence-corrected chi connectivity index (χ2v) is 10.4. The third kappa shape index (κ3) is 3.20. The summed E-state index contributed by atoms with van der Waals surface area (Å²) in [6.45, 7) is 0. The van der Waals surface area contributed by atoms with Crippen molar-refractivity contribution in [1.82, 2.24) is 9.55 Å². The quantitative estimate of drug-likeness (QED) is 0.231. The topological polar surface area (TPSA) is 17.8 Å². The number of nitrogens with zero attached hydrogens (tertiary/aromatic N) is 2. The van der Waals surface area contributed by atoms with Crippen molar-refractivity contribution in [3.05, 3.63) is 180 Å².